The number of hydrogen-bond acceptors (Lipinski definition) is 4. The minimum Gasteiger partial charge on any atom is -0.373 e. The molecule has 5 nitrogen and oxygen atoms in total. The predicted octanol–water partition coefficient (Wildman–Crippen LogP) is 1.47. The van der Waals surface area contributed by atoms with Gasteiger partial charge in [0.25, 0.3) is 0 Å². The zero-order valence-electron chi connectivity index (χ0n) is 9.65. The molecule has 0 radical (unpaired) electrons. The Bertz CT molecular complexity index is 489. The molecule has 0 aliphatic carbocycles. The Morgan fingerprint density at radius 2 is 2.06 bits per heavy atom. The SMILES string of the molecule is CNc1ncnc(-c2cccn2NC)c1C. The van der Waals surface area contributed by atoms with Crippen molar-refractivity contribution < 1.29 is 0 Å². The third kappa shape index (κ3) is 1.60. The first-order chi connectivity index (χ1) is 7.77. The minimum absolute atomic E-state index is 0.855. The Labute approximate surface area is 94.5 Å². The Hall–Kier alpha value is -2.04. The van der Waals surface area contributed by atoms with E-state index in [4.69, 9.17) is 0 Å². The molecular weight excluding hydrogens is 202 g/mol. The van der Waals surface area contributed by atoms with E-state index in [-0.39, 0.29) is 0 Å². The molecule has 2 heterocycles. The molecule has 2 rings (SSSR count). The van der Waals surface area contributed by atoms with Crippen LogP contribution in [0.2, 0.25) is 0 Å². The smallest absolute Gasteiger partial charge is 0.132 e. The molecule has 0 saturated carbocycles. The Morgan fingerprint density at radius 3 is 2.75 bits per heavy atom. The van der Waals surface area contributed by atoms with Gasteiger partial charge in [-0.05, 0) is 19.1 Å². The zero-order valence-corrected chi connectivity index (χ0v) is 9.65. The second-order valence-electron chi connectivity index (χ2n) is 3.43. The molecule has 0 atom stereocenters. The van der Waals surface area contributed by atoms with Crippen molar-refractivity contribution in [1.82, 2.24) is 14.6 Å². The summed E-state index contributed by atoms with van der Waals surface area (Å²) in [5, 5.41) is 3.05. The normalized spacial score (nSPS) is 10.2. The van der Waals surface area contributed by atoms with Gasteiger partial charge in [-0.2, -0.15) is 0 Å². The van der Waals surface area contributed by atoms with Crippen molar-refractivity contribution in [2.45, 2.75) is 6.92 Å². The lowest BCUT2D eigenvalue weighted by molar-refractivity contribution is 0.935. The predicted molar refractivity (Wildman–Crippen MR) is 65.0 cm³/mol. The lowest BCUT2D eigenvalue weighted by Gasteiger charge is -2.11. The second-order valence-corrected chi connectivity index (χ2v) is 3.43. The summed E-state index contributed by atoms with van der Waals surface area (Å²) in [6.07, 6.45) is 3.52. The highest BCUT2D eigenvalue weighted by Crippen LogP contribution is 2.24. The first kappa shape index (κ1) is 10.5. The van der Waals surface area contributed by atoms with E-state index in [1.54, 1.807) is 6.33 Å². The lowest BCUT2D eigenvalue weighted by atomic mass is 10.2. The van der Waals surface area contributed by atoms with E-state index in [0.717, 1.165) is 22.8 Å². The van der Waals surface area contributed by atoms with Crippen molar-refractivity contribution in [3.05, 3.63) is 30.2 Å². The van der Waals surface area contributed by atoms with Crippen molar-refractivity contribution >= 4 is 5.82 Å². The van der Waals surface area contributed by atoms with Crippen molar-refractivity contribution in [2.24, 2.45) is 0 Å². The van der Waals surface area contributed by atoms with Gasteiger partial charge in [-0.3, -0.25) is 4.68 Å². The van der Waals surface area contributed by atoms with E-state index in [1.165, 1.54) is 0 Å². The van der Waals surface area contributed by atoms with Crippen LogP contribution < -0.4 is 10.7 Å². The van der Waals surface area contributed by atoms with Crippen LogP contribution in [0.1, 0.15) is 5.56 Å². The van der Waals surface area contributed by atoms with Crippen LogP contribution in [0.5, 0.6) is 0 Å². The van der Waals surface area contributed by atoms with E-state index in [1.807, 2.05) is 44.0 Å². The van der Waals surface area contributed by atoms with Gasteiger partial charge in [0.2, 0.25) is 0 Å². The van der Waals surface area contributed by atoms with Crippen LogP contribution in [0, 0.1) is 6.92 Å². The second kappa shape index (κ2) is 4.22. The van der Waals surface area contributed by atoms with Gasteiger partial charge >= 0.3 is 0 Å². The average Bonchev–Trinajstić information content (AvgIpc) is 2.77. The number of rotatable bonds is 3. The molecule has 0 fully saturated rings. The molecule has 0 saturated heterocycles. The molecule has 0 aliphatic rings. The van der Waals surface area contributed by atoms with Gasteiger partial charge in [0, 0.05) is 25.9 Å². The van der Waals surface area contributed by atoms with Crippen molar-refractivity contribution in [1.29, 1.82) is 0 Å². The summed E-state index contributed by atoms with van der Waals surface area (Å²) in [5.41, 5.74) is 6.07. The summed E-state index contributed by atoms with van der Waals surface area (Å²) < 4.78 is 1.93. The molecule has 2 N–H and O–H groups in total. The molecule has 2 aromatic heterocycles. The summed E-state index contributed by atoms with van der Waals surface area (Å²) in [6.45, 7) is 2.01. The van der Waals surface area contributed by atoms with Gasteiger partial charge in [-0.1, -0.05) is 0 Å². The number of nitrogens with zero attached hydrogens (tertiary/aromatic N) is 3. The number of nitrogens with one attached hydrogen (secondary N) is 2. The van der Waals surface area contributed by atoms with Crippen LogP contribution in [0.25, 0.3) is 11.4 Å². The fraction of sp³-hybridized carbons (Fsp3) is 0.273. The maximum absolute atomic E-state index is 4.33. The summed E-state index contributed by atoms with van der Waals surface area (Å²) in [4.78, 5) is 8.50. The van der Waals surface area contributed by atoms with Crippen molar-refractivity contribution in [3.8, 4) is 11.4 Å². The molecule has 84 valence electrons. The highest BCUT2D eigenvalue weighted by molar-refractivity contribution is 5.65. The molecule has 2 aromatic rings. The lowest BCUT2D eigenvalue weighted by Crippen LogP contribution is -2.10. The largest absolute Gasteiger partial charge is 0.373 e. The first-order valence-corrected chi connectivity index (χ1v) is 5.12. The molecule has 0 amide bonds. The number of anilines is 1. The fourth-order valence-electron chi connectivity index (χ4n) is 1.73. The van der Waals surface area contributed by atoms with Crippen LogP contribution in [0.3, 0.4) is 0 Å². The third-order valence-electron chi connectivity index (χ3n) is 2.55. The number of aromatic nitrogens is 3. The Kier molecular flexibility index (Phi) is 2.76. The average molecular weight is 217 g/mol. The molecule has 0 aromatic carbocycles. The molecule has 0 spiro atoms. The van der Waals surface area contributed by atoms with Gasteiger partial charge in [-0.15, -0.1) is 0 Å². The van der Waals surface area contributed by atoms with Gasteiger partial charge in [0.05, 0.1) is 11.4 Å². The van der Waals surface area contributed by atoms with Gasteiger partial charge in [0.15, 0.2) is 0 Å². The first-order valence-electron chi connectivity index (χ1n) is 5.12. The summed E-state index contributed by atoms with van der Waals surface area (Å²) >= 11 is 0. The van der Waals surface area contributed by atoms with E-state index in [9.17, 15) is 0 Å². The van der Waals surface area contributed by atoms with Gasteiger partial charge in [0.1, 0.15) is 12.1 Å². The highest BCUT2D eigenvalue weighted by atomic mass is 15.4. The van der Waals surface area contributed by atoms with Crippen LogP contribution in [-0.2, 0) is 0 Å². The molecule has 16 heavy (non-hydrogen) atoms. The van der Waals surface area contributed by atoms with Crippen LogP contribution in [-0.4, -0.2) is 28.7 Å². The van der Waals surface area contributed by atoms with E-state index in [0.29, 0.717) is 0 Å². The summed E-state index contributed by atoms with van der Waals surface area (Å²) in [5.74, 6) is 0.855. The standard InChI is InChI=1S/C11H15N5/c1-8-10(14-7-15-11(8)12-2)9-5-4-6-16(9)13-3/h4-7,13H,1-3H3,(H,12,14,15). The molecule has 5 heteroatoms. The van der Waals surface area contributed by atoms with Gasteiger partial charge < -0.3 is 10.7 Å². The van der Waals surface area contributed by atoms with E-state index < -0.39 is 0 Å². The number of hydrogen-bond donors (Lipinski definition) is 2. The molecule has 0 unspecified atom stereocenters. The van der Waals surface area contributed by atoms with Crippen LogP contribution >= 0.6 is 0 Å². The fourth-order valence-corrected chi connectivity index (χ4v) is 1.73. The third-order valence-corrected chi connectivity index (χ3v) is 2.55. The Balaban J connectivity index is 2.56. The Morgan fingerprint density at radius 1 is 1.25 bits per heavy atom. The van der Waals surface area contributed by atoms with E-state index >= 15 is 0 Å². The summed E-state index contributed by atoms with van der Waals surface area (Å²) in [7, 11) is 3.73. The quantitative estimate of drug-likeness (QED) is 0.817. The monoisotopic (exact) mass is 217 g/mol. The molecule has 0 bridgehead atoms. The van der Waals surface area contributed by atoms with E-state index in [2.05, 4.69) is 20.7 Å². The maximum atomic E-state index is 4.33. The minimum atomic E-state index is 0.855. The van der Waals surface area contributed by atoms with Crippen molar-refractivity contribution in [3.63, 3.8) is 0 Å². The topological polar surface area (TPSA) is 54.8 Å². The summed E-state index contributed by atoms with van der Waals surface area (Å²) in [6, 6.07) is 4.00. The highest BCUT2D eigenvalue weighted by Gasteiger charge is 2.10. The van der Waals surface area contributed by atoms with Gasteiger partial charge in [-0.25, -0.2) is 9.97 Å². The zero-order chi connectivity index (χ0) is 11.5. The maximum Gasteiger partial charge on any atom is 0.132 e. The van der Waals surface area contributed by atoms with Crippen LogP contribution in [0.4, 0.5) is 5.82 Å². The van der Waals surface area contributed by atoms with Crippen LogP contribution in [0.15, 0.2) is 24.7 Å². The molecule has 0 aliphatic heterocycles. The molecular formula is C11H15N5. The van der Waals surface area contributed by atoms with Crippen molar-refractivity contribution in [2.75, 3.05) is 24.8 Å².